The monoisotopic (exact) mass is 232 g/mol. The Kier molecular flexibility index (Phi) is 4.22. The summed E-state index contributed by atoms with van der Waals surface area (Å²) in [6.07, 6.45) is 0. The molecule has 5 heteroatoms. The van der Waals surface area contributed by atoms with Gasteiger partial charge in [-0.3, -0.25) is 4.99 Å². The molecule has 76 valence electrons. The first-order chi connectivity index (χ1) is 6.65. The van der Waals surface area contributed by atoms with Gasteiger partial charge in [0.25, 0.3) is 0 Å². The average Bonchev–Trinajstić information content (AvgIpc) is 2.16. The van der Waals surface area contributed by atoms with E-state index in [1.54, 1.807) is 19.2 Å². The molecule has 0 amide bonds. The third-order valence-corrected chi connectivity index (χ3v) is 2.91. The van der Waals surface area contributed by atoms with E-state index in [-0.39, 0.29) is 5.82 Å². The molecule has 0 saturated heterocycles. The lowest BCUT2D eigenvalue weighted by molar-refractivity contribution is 0.617. The van der Waals surface area contributed by atoms with Crippen molar-refractivity contribution in [3.63, 3.8) is 0 Å². The smallest absolute Gasteiger partial charge is 0.153 e. The molecule has 1 rings (SSSR count). The van der Waals surface area contributed by atoms with Gasteiger partial charge in [-0.05, 0) is 12.1 Å². The predicted molar refractivity (Wildman–Crippen MR) is 60.3 cm³/mol. The Hall–Kier alpha value is -0.740. The van der Waals surface area contributed by atoms with Crippen molar-refractivity contribution in [1.29, 1.82) is 0 Å². The first kappa shape index (κ1) is 11.3. The molecule has 0 atom stereocenters. The molecule has 2 N–H and O–H groups in total. The van der Waals surface area contributed by atoms with Crippen LogP contribution in [0.4, 0.5) is 4.39 Å². The molecule has 0 radical (unpaired) electrons. The van der Waals surface area contributed by atoms with Crippen LogP contribution in [0, 0.1) is 5.82 Å². The van der Waals surface area contributed by atoms with Crippen LogP contribution in [0.2, 0.25) is 5.02 Å². The summed E-state index contributed by atoms with van der Waals surface area (Å²) in [5, 5.41) is 0.839. The lowest BCUT2D eigenvalue weighted by Gasteiger charge is -2.04. The van der Waals surface area contributed by atoms with Crippen molar-refractivity contribution >= 4 is 28.5 Å². The fourth-order valence-corrected chi connectivity index (χ4v) is 1.90. The third-order valence-electron chi connectivity index (χ3n) is 1.65. The van der Waals surface area contributed by atoms with Crippen LogP contribution in [-0.4, -0.2) is 12.2 Å². The van der Waals surface area contributed by atoms with Gasteiger partial charge in [0.15, 0.2) is 5.17 Å². The molecule has 0 saturated carbocycles. The molecule has 0 aromatic heterocycles. The highest BCUT2D eigenvalue weighted by Crippen LogP contribution is 2.23. The molecule has 0 aliphatic rings. The van der Waals surface area contributed by atoms with Crippen LogP contribution in [0.1, 0.15) is 5.56 Å². The molecule has 0 aliphatic heterocycles. The second-order valence-electron chi connectivity index (χ2n) is 2.55. The van der Waals surface area contributed by atoms with E-state index in [4.69, 9.17) is 17.3 Å². The van der Waals surface area contributed by atoms with Crippen molar-refractivity contribution in [3.05, 3.63) is 34.6 Å². The van der Waals surface area contributed by atoms with E-state index in [1.807, 2.05) is 0 Å². The van der Waals surface area contributed by atoms with Crippen LogP contribution in [0.15, 0.2) is 23.2 Å². The normalized spacial score (nSPS) is 11.8. The highest BCUT2D eigenvalue weighted by Gasteiger charge is 2.07. The molecule has 0 spiro atoms. The number of hydrogen-bond donors (Lipinski definition) is 1. The number of nitrogens with two attached hydrogens (primary N) is 1. The van der Waals surface area contributed by atoms with Crippen LogP contribution in [0.3, 0.4) is 0 Å². The molecular weight excluding hydrogens is 223 g/mol. The fraction of sp³-hybridized carbons (Fsp3) is 0.222. The number of aliphatic imine (C=N–C) groups is 1. The zero-order valence-electron chi connectivity index (χ0n) is 7.63. The van der Waals surface area contributed by atoms with Crippen LogP contribution < -0.4 is 5.73 Å². The summed E-state index contributed by atoms with van der Waals surface area (Å²) < 4.78 is 13.2. The maximum absolute atomic E-state index is 13.2. The van der Waals surface area contributed by atoms with Crippen LogP contribution in [0.25, 0.3) is 0 Å². The summed E-state index contributed by atoms with van der Waals surface area (Å²) in [7, 11) is 1.59. The number of nitrogens with zero attached hydrogens (tertiary/aromatic N) is 1. The Balaban J connectivity index is 2.76. The summed E-state index contributed by atoms with van der Waals surface area (Å²) in [6, 6.07) is 4.60. The van der Waals surface area contributed by atoms with E-state index >= 15 is 0 Å². The molecule has 1 aromatic carbocycles. The second kappa shape index (κ2) is 5.22. The Morgan fingerprint density at radius 3 is 2.93 bits per heavy atom. The molecule has 1 aromatic rings. The topological polar surface area (TPSA) is 38.4 Å². The highest BCUT2D eigenvalue weighted by molar-refractivity contribution is 8.13. The van der Waals surface area contributed by atoms with E-state index in [2.05, 4.69) is 4.99 Å². The van der Waals surface area contributed by atoms with E-state index in [1.165, 1.54) is 17.8 Å². The van der Waals surface area contributed by atoms with Crippen molar-refractivity contribution in [2.24, 2.45) is 10.7 Å². The molecule has 0 bridgehead atoms. The SMILES string of the molecule is CN=C(N)SCc1c(F)cccc1Cl. The molecule has 2 nitrogen and oxygen atoms in total. The van der Waals surface area contributed by atoms with Gasteiger partial charge in [-0.2, -0.15) is 0 Å². The lowest BCUT2D eigenvalue weighted by Crippen LogP contribution is -2.06. The minimum absolute atomic E-state index is 0.311. The Morgan fingerprint density at radius 2 is 2.36 bits per heavy atom. The third kappa shape index (κ3) is 2.89. The number of benzene rings is 1. The summed E-state index contributed by atoms with van der Waals surface area (Å²) >= 11 is 7.08. The van der Waals surface area contributed by atoms with Gasteiger partial charge in [-0.15, -0.1) is 0 Å². The van der Waals surface area contributed by atoms with Gasteiger partial charge in [0.2, 0.25) is 0 Å². The maximum atomic E-state index is 13.2. The predicted octanol–water partition coefficient (Wildman–Crippen LogP) is 2.66. The van der Waals surface area contributed by atoms with Gasteiger partial charge >= 0.3 is 0 Å². The standard InChI is InChI=1S/C9H10ClFN2S/c1-13-9(12)14-5-6-7(10)3-2-4-8(6)11/h2-4H,5H2,1H3,(H2,12,13). The molecular formula is C9H10ClFN2S. The second-order valence-corrected chi connectivity index (χ2v) is 3.95. The van der Waals surface area contributed by atoms with Crippen molar-refractivity contribution < 1.29 is 4.39 Å². The number of amidine groups is 1. The minimum Gasteiger partial charge on any atom is -0.379 e. The van der Waals surface area contributed by atoms with E-state index in [9.17, 15) is 4.39 Å². The van der Waals surface area contributed by atoms with Gasteiger partial charge in [0, 0.05) is 23.4 Å². The fourth-order valence-electron chi connectivity index (χ4n) is 0.881. The van der Waals surface area contributed by atoms with Crippen molar-refractivity contribution in [3.8, 4) is 0 Å². The largest absolute Gasteiger partial charge is 0.379 e. The number of thioether (sulfide) groups is 1. The maximum Gasteiger partial charge on any atom is 0.153 e. The van der Waals surface area contributed by atoms with Gasteiger partial charge in [0.1, 0.15) is 5.82 Å². The quantitative estimate of drug-likeness (QED) is 0.629. The number of rotatable bonds is 2. The average molecular weight is 233 g/mol. The highest BCUT2D eigenvalue weighted by atomic mass is 35.5. The zero-order valence-corrected chi connectivity index (χ0v) is 9.20. The Morgan fingerprint density at radius 1 is 1.64 bits per heavy atom. The summed E-state index contributed by atoms with van der Waals surface area (Å²) in [6.45, 7) is 0. The van der Waals surface area contributed by atoms with E-state index < -0.39 is 0 Å². The van der Waals surface area contributed by atoms with Gasteiger partial charge < -0.3 is 5.73 Å². The van der Waals surface area contributed by atoms with Crippen molar-refractivity contribution in [2.75, 3.05) is 7.05 Å². The van der Waals surface area contributed by atoms with Crippen molar-refractivity contribution in [2.45, 2.75) is 5.75 Å². The van der Waals surface area contributed by atoms with Crippen LogP contribution in [-0.2, 0) is 5.75 Å². The summed E-state index contributed by atoms with van der Waals surface area (Å²) in [5.74, 6) is 0.0863. The number of hydrogen-bond acceptors (Lipinski definition) is 2. The van der Waals surface area contributed by atoms with Gasteiger partial charge in [0.05, 0.1) is 0 Å². The summed E-state index contributed by atoms with van der Waals surface area (Å²) in [5.41, 5.74) is 5.93. The first-order valence-corrected chi connectivity index (χ1v) is 5.29. The first-order valence-electron chi connectivity index (χ1n) is 3.93. The molecule has 0 fully saturated rings. The lowest BCUT2D eigenvalue weighted by atomic mass is 10.2. The van der Waals surface area contributed by atoms with E-state index in [0.717, 1.165) is 0 Å². The van der Waals surface area contributed by atoms with Crippen LogP contribution in [0.5, 0.6) is 0 Å². The Labute approximate surface area is 91.4 Å². The molecule has 14 heavy (non-hydrogen) atoms. The van der Waals surface area contributed by atoms with Gasteiger partial charge in [-0.25, -0.2) is 4.39 Å². The molecule has 0 unspecified atom stereocenters. The minimum atomic E-state index is -0.311. The molecule has 0 aliphatic carbocycles. The summed E-state index contributed by atoms with van der Waals surface area (Å²) in [4.78, 5) is 3.75. The van der Waals surface area contributed by atoms with Gasteiger partial charge in [-0.1, -0.05) is 29.4 Å². The van der Waals surface area contributed by atoms with E-state index in [0.29, 0.717) is 21.5 Å². The number of halogens is 2. The Bertz CT molecular complexity index is 334. The molecule has 0 heterocycles. The zero-order chi connectivity index (χ0) is 10.6. The van der Waals surface area contributed by atoms with Crippen molar-refractivity contribution in [1.82, 2.24) is 0 Å². The van der Waals surface area contributed by atoms with Crippen LogP contribution >= 0.6 is 23.4 Å².